The Kier molecular flexibility index (Phi) is 6.52. The van der Waals surface area contributed by atoms with Gasteiger partial charge in [0.25, 0.3) is 0 Å². The van der Waals surface area contributed by atoms with Crippen molar-refractivity contribution in [2.75, 3.05) is 40.0 Å². The third-order valence-corrected chi connectivity index (χ3v) is 6.75. The second-order valence-corrected chi connectivity index (χ2v) is 8.81. The van der Waals surface area contributed by atoms with Crippen LogP contribution in [0.4, 0.5) is 8.78 Å². The van der Waals surface area contributed by atoms with Crippen LogP contribution < -0.4 is 9.47 Å². The van der Waals surface area contributed by atoms with Crippen LogP contribution in [0, 0.1) is 0 Å². The van der Waals surface area contributed by atoms with Crippen molar-refractivity contribution in [1.29, 1.82) is 0 Å². The smallest absolute Gasteiger partial charge is 0.228 e. The van der Waals surface area contributed by atoms with E-state index in [2.05, 4.69) is 33.1 Å². The zero-order valence-electron chi connectivity index (χ0n) is 17.9. The topological polar surface area (TPSA) is 59.6 Å². The molecule has 33 heavy (non-hydrogen) atoms. The van der Waals surface area contributed by atoms with Crippen LogP contribution in [0.15, 0.2) is 48.8 Å². The van der Waals surface area contributed by atoms with Crippen LogP contribution in [0.3, 0.4) is 0 Å². The number of fused-ring (bicyclic) bond motifs is 1. The molecule has 1 aliphatic heterocycles. The zero-order valence-corrected chi connectivity index (χ0v) is 18.7. The number of hydrogen-bond acceptors (Lipinski definition) is 6. The highest BCUT2D eigenvalue weighted by Crippen LogP contribution is 2.37. The molecule has 3 aromatic heterocycles. The largest absolute Gasteiger partial charge is 0.459 e. The summed E-state index contributed by atoms with van der Waals surface area (Å²) in [7, 11) is 0. The summed E-state index contributed by atoms with van der Waals surface area (Å²) in [4.78, 5) is 12.6. The third-order valence-electron chi connectivity index (χ3n) is 5.64. The predicted octanol–water partition coefficient (Wildman–Crippen LogP) is 5.40. The molecular weight excluding hydrogens is 448 g/mol. The summed E-state index contributed by atoms with van der Waals surface area (Å²) in [5.41, 5.74) is 3.45. The molecule has 1 aliphatic rings. The molecular formula is C24H23F2N3O3S. The number of morpholine rings is 1. The number of benzene rings is 1. The first-order valence-corrected chi connectivity index (χ1v) is 11.4. The van der Waals surface area contributed by atoms with Gasteiger partial charge in [-0.25, -0.2) is 13.8 Å². The summed E-state index contributed by atoms with van der Waals surface area (Å²) < 4.78 is 40.8. The van der Waals surface area contributed by atoms with Gasteiger partial charge in [0.1, 0.15) is 5.65 Å². The van der Waals surface area contributed by atoms with Gasteiger partial charge in [0.05, 0.1) is 13.2 Å². The van der Waals surface area contributed by atoms with Crippen molar-refractivity contribution >= 4 is 22.4 Å². The first-order chi connectivity index (χ1) is 16.2. The van der Waals surface area contributed by atoms with E-state index < -0.39 is 13.7 Å². The molecule has 1 aromatic carbocycles. The molecule has 9 heteroatoms. The maximum absolute atomic E-state index is 12.8. The Bertz CT molecular complexity index is 1240. The lowest BCUT2D eigenvalue weighted by atomic mass is 10.0. The molecule has 1 N–H and O–H groups in total. The van der Waals surface area contributed by atoms with E-state index in [-0.39, 0.29) is 11.5 Å². The quantitative estimate of drug-likeness (QED) is 0.373. The van der Waals surface area contributed by atoms with E-state index in [1.807, 2.05) is 12.4 Å². The molecule has 0 radical (unpaired) electrons. The van der Waals surface area contributed by atoms with Crippen molar-refractivity contribution < 1.29 is 23.0 Å². The molecule has 0 spiro atoms. The molecule has 0 amide bonds. The molecule has 0 unspecified atom stereocenters. The van der Waals surface area contributed by atoms with E-state index in [4.69, 9.17) is 14.2 Å². The molecule has 1 fully saturated rings. The Morgan fingerprint density at radius 3 is 2.64 bits per heavy atom. The van der Waals surface area contributed by atoms with E-state index in [1.165, 1.54) is 4.88 Å². The van der Waals surface area contributed by atoms with Gasteiger partial charge in [-0.05, 0) is 35.9 Å². The number of aromatic amines is 1. The van der Waals surface area contributed by atoms with Crippen LogP contribution in [-0.2, 0) is 11.3 Å². The maximum Gasteiger partial charge on any atom is 0.228 e. The molecule has 4 heterocycles. The number of nitrogens with zero attached hydrogens (tertiary/aromatic N) is 2. The number of alkyl halides is 2. The van der Waals surface area contributed by atoms with Crippen molar-refractivity contribution in [2.24, 2.45) is 0 Å². The minimum atomic E-state index is -1.03. The highest BCUT2D eigenvalue weighted by molar-refractivity contribution is 7.15. The second-order valence-electron chi connectivity index (χ2n) is 7.65. The van der Waals surface area contributed by atoms with E-state index in [0.717, 1.165) is 65.4 Å². The molecule has 0 aliphatic carbocycles. The van der Waals surface area contributed by atoms with Crippen LogP contribution in [0.5, 0.6) is 11.5 Å². The summed E-state index contributed by atoms with van der Waals surface area (Å²) in [5, 5.41) is 0.931. The van der Waals surface area contributed by atoms with E-state index >= 15 is 0 Å². The minimum Gasteiger partial charge on any atom is -0.459 e. The van der Waals surface area contributed by atoms with Gasteiger partial charge in [-0.15, -0.1) is 11.3 Å². The summed E-state index contributed by atoms with van der Waals surface area (Å²) in [6, 6.07) is 11.4. The molecule has 4 aromatic rings. The second kappa shape index (κ2) is 9.86. The number of aromatic nitrogens is 2. The molecule has 0 saturated carbocycles. The van der Waals surface area contributed by atoms with Gasteiger partial charge < -0.3 is 19.2 Å². The van der Waals surface area contributed by atoms with Gasteiger partial charge in [-0.2, -0.15) is 0 Å². The fraction of sp³-hybridized carbons (Fsp3) is 0.292. The lowest BCUT2D eigenvalue weighted by Gasteiger charge is -2.25. The van der Waals surface area contributed by atoms with Crippen molar-refractivity contribution in [3.63, 3.8) is 0 Å². The average Bonchev–Trinajstić information content (AvgIpc) is 3.48. The number of thiophene rings is 1. The monoisotopic (exact) mass is 471 g/mol. The molecule has 0 bridgehead atoms. The van der Waals surface area contributed by atoms with Crippen LogP contribution >= 0.6 is 11.3 Å². The van der Waals surface area contributed by atoms with Crippen molar-refractivity contribution in [3.05, 3.63) is 53.7 Å². The maximum atomic E-state index is 12.8. The zero-order chi connectivity index (χ0) is 22.6. The van der Waals surface area contributed by atoms with Crippen LogP contribution in [0.25, 0.3) is 32.6 Å². The Morgan fingerprint density at radius 2 is 1.82 bits per heavy atom. The number of halogens is 2. The highest BCUT2D eigenvalue weighted by atomic mass is 32.1. The average molecular weight is 472 g/mol. The lowest BCUT2D eigenvalue weighted by Crippen LogP contribution is -2.35. The Morgan fingerprint density at radius 1 is 1.00 bits per heavy atom. The van der Waals surface area contributed by atoms with Crippen molar-refractivity contribution in [3.8, 4) is 33.1 Å². The summed E-state index contributed by atoms with van der Waals surface area (Å²) in [5.74, 6) is 0.307. The summed E-state index contributed by atoms with van der Waals surface area (Å²) >= 11 is 1.76. The summed E-state index contributed by atoms with van der Waals surface area (Å²) in [6.07, 6.45) is 3.72. The van der Waals surface area contributed by atoms with Gasteiger partial charge in [0.15, 0.2) is 11.5 Å². The molecule has 172 valence electrons. The number of nitrogens with one attached hydrogen (secondary N) is 1. The third kappa shape index (κ3) is 4.71. The van der Waals surface area contributed by atoms with Gasteiger partial charge in [-0.1, -0.05) is 6.07 Å². The fourth-order valence-corrected chi connectivity index (χ4v) is 5.03. The number of hydrogen-bond donors (Lipinski definition) is 1. The first-order valence-electron chi connectivity index (χ1n) is 10.6. The Hall–Kier alpha value is -3.01. The molecule has 6 nitrogen and oxygen atoms in total. The number of H-pyrrole nitrogens is 1. The van der Waals surface area contributed by atoms with E-state index in [0.29, 0.717) is 0 Å². The Labute approximate surface area is 193 Å². The SMILES string of the molecule is FCOc1ccc(-c2c[nH]c3ncc(-c4ccc(CN5CCOCC5)s4)cc23)cc1OCF. The summed E-state index contributed by atoms with van der Waals surface area (Å²) in [6.45, 7) is 2.35. The predicted molar refractivity (Wildman–Crippen MR) is 124 cm³/mol. The van der Waals surface area contributed by atoms with Gasteiger partial charge in [-0.3, -0.25) is 4.90 Å². The highest BCUT2D eigenvalue weighted by Gasteiger charge is 2.15. The standard InChI is InChI=1S/C24H23F2N3O3S/c25-14-31-21-3-1-16(10-22(21)32-15-26)20-12-28-24-19(20)9-17(11-27-24)23-4-2-18(33-23)13-29-5-7-30-8-6-29/h1-4,9-12H,5-8,13-15H2,(H,27,28). The van der Waals surface area contributed by atoms with Crippen molar-refractivity contribution in [2.45, 2.75) is 6.54 Å². The van der Waals surface area contributed by atoms with Crippen LogP contribution in [0.1, 0.15) is 4.88 Å². The van der Waals surface area contributed by atoms with Crippen molar-refractivity contribution in [1.82, 2.24) is 14.9 Å². The number of pyridine rings is 1. The van der Waals surface area contributed by atoms with Gasteiger partial charge in [0, 0.05) is 58.3 Å². The van der Waals surface area contributed by atoms with Gasteiger partial charge >= 0.3 is 0 Å². The van der Waals surface area contributed by atoms with Crippen LogP contribution in [-0.4, -0.2) is 54.9 Å². The number of rotatable bonds is 8. The molecule has 1 saturated heterocycles. The van der Waals surface area contributed by atoms with Gasteiger partial charge in [0.2, 0.25) is 13.7 Å². The lowest BCUT2D eigenvalue weighted by molar-refractivity contribution is 0.0346. The first kappa shape index (κ1) is 21.8. The minimum absolute atomic E-state index is 0.150. The number of ether oxygens (including phenoxy) is 3. The fourth-order valence-electron chi connectivity index (χ4n) is 4.00. The van der Waals surface area contributed by atoms with Crippen LogP contribution in [0.2, 0.25) is 0 Å². The van der Waals surface area contributed by atoms with E-state index in [9.17, 15) is 8.78 Å². The molecule has 0 atom stereocenters. The molecule has 5 rings (SSSR count). The van der Waals surface area contributed by atoms with E-state index in [1.54, 1.807) is 29.5 Å². The normalized spacial score (nSPS) is 14.6. The Balaban J connectivity index is 1.44.